The number of hydrogen-bond acceptors (Lipinski definition) is 2. The number of benzene rings is 3. The van der Waals surface area contributed by atoms with Gasteiger partial charge in [0.2, 0.25) is 10.0 Å². The summed E-state index contributed by atoms with van der Waals surface area (Å²) in [4.78, 5) is 0.287. The van der Waals surface area contributed by atoms with Crippen molar-refractivity contribution >= 4 is 20.8 Å². The van der Waals surface area contributed by atoms with E-state index in [1.165, 1.54) is 0 Å². The summed E-state index contributed by atoms with van der Waals surface area (Å²) in [6.45, 7) is 3.80. The maximum Gasteiger partial charge on any atom is 0.241 e. The van der Waals surface area contributed by atoms with Gasteiger partial charge in [0.05, 0.1) is 4.90 Å². The highest BCUT2D eigenvalue weighted by Crippen LogP contribution is 2.25. The fourth-order valence-electron chi connectivity index (χ4n) is 2.71. The smallest absolute Gasteiger partial charge is 0.207 e. The third kappa shape index (κ3) is 3.28. The lowest BCUT2D eigenvalue weighted by atomic mass is 10.0. The molecule has 4 heteroatoms. The van der Waals surface area contributed by atoms with Crippen LogP contribution in [0, 0.1) is 6.92 Å². The van der Waals surface area contributed by atoms with E-state index in [9.17, 15) is 8.42 Å². The van der Waals surface area contributed by atoms with E-state index in [-0.39, 0.29) is 10.9 Å². The highest BCUT2D eigenvalue weighted by molar-refractivity contribution is 7.89. The lowest BCUT2D eigenvalue weighted by Gasteiger charge is -2.17. The summed E-state index contributed by atoms with van der Waals surface area (Å²) in [5.74, 6) is 0. The first-order chi connectivity index (χ1) is 11.0. The SMILES string of the molecule is Cc1ccc(S(=O)(=O)N[C@@H](C)c2cccc3ccccc23)cc1. The zero-order valence-corrected chi connectivity index (χ0v) is 14.0. The number of fused-ring (bicyclic) bond motifs is 1. The molecule has 118 valence electrons. The second-order valence-electron chi connectivity index (χ2n) is 5.72. The molecule has 0 radical (unpaired) electrons. The van der Waals surface area contributed by atoms with E-state index >= 15 is 0 Å². The van der Waals surface area contributed by atoms with Gasteiger partial charge in [0, 0.05) is 6.04 Å². The first-order valence-electron chi connectivity index (χ1n) is 7.54. The van der Waals surface area contributed by atoms with E-state index in [1.807, 2.05) is 56.3 Å². The molecular formula is C19H19NO2S. The molecule has 1 atom stereocenters. The van der Waals surface area contributed by atoms with Gasteiger partial charge in [-0.05, 0) is 42.3 Å². The Kier molecular flexibility index (Phi) is 4.20. The van der Waals surface area contributed by atoms with Crippen LogP contribution in [-0.2, 0) is 10.0 Å². The highest BCUT2D eigenvalue weighted by Gasteiger charge is 2.19. The fourth-order valence-corrected chi connectivity index (χ4v) is 3.93. The standard InChI is InChI=1S/C19H19NO2S/c1-14-10-12-17(13-11-14)23(21,22)20-15(2)18-9-5-7-16-6-3-4-8-19(16)18/h3-13,15,20H,1-2H3/t15-/m0/s1. The van der Waals surface area contributed by atoms with Crippen LogP contribution < -0.4 is 4.72 Å². The normalized spacial score (nSPS) is 13.1. The number of sulfonamides is 1. The van der Waals surface area contributed by atoms with Gasteiger partial charge in [-0.3, -0.25) is 0 Å². The topological polar surface area (TPSA) is 46.2 Å². The van der Waals surface area contributed by atoms with Gasteiger partial charge in [0.15, 0.2) is 0 Å². The van der Waals surface area contributed by atoms with Crippen LogP contribution in [0.3, 0.4) is 0 Å². The zero-order chi connectivity index (χ0) is 16.4. The average Bonchev–Trinajstić information content (AvgIpc) is 2.54. The van der Waals surface area contributed by atoms with Crippen molar-refractivity contribution in [2.75, 3.05) is 0 Å². The summed E-state index contributed by atoms with van der Waals surface area (Å²) >= 11 is 0. The molecule has 0 heterocycles. The van der Waals surface area contributed by atoms with Crippen LogP contribution >= 0.6 is 0 Å². The second kappa shape index (κ2) is 6.14. The molecule has 0 aromatic heterocycles. The van der Waals surface area contributed by atoms with Gasteiger partial charge in [0.1, 0.15) is 0 Å². The Morgan fingerprint density at radius 1 is 0.870 bits per heavy atom. The van der Waals surface area contributed by atoms with Gasteiger partial charge in [-0.25, -0.2) is 13.1 Å². The van der Waals surface area contributed by atoms with E-state index in [1.54, 1.807) is 24.3 Å². The Morgan fingerprint density at radius 3 is 2.26 bits per heavy atom. The Labute approximate surface area is 137 Å². The molecule has 3 aromatic rings. The molecule has 3 rings (SSSR count). The molecule has 0 aliphatic rings. The molecule has 3 aromatic carbocycles. The predicted octanol–water partition coefficient (Wildman–Crippen LogP) is 4.19. The minimum atomic E-state index is -3.54. The summed E-state index contributed by atoms with van der Waals surface area (Å²) in [6.07, 6.45) is 0. The number of aryl methyl sites for hydroxylation is 1. The summed E-state index contributed by atoms with van der Waals surface area (Å²) in [7, 11) is -3.54. The van der Waals surface area contributed by atoms with Crippen molar-refractivity contribution < 1.29 is 8.42 Å². The van der Waals surface area contributed by atoms with Gasteiger partial charge >= 0.3 is 0 Å². The van der Waals surface area contributed by atoms with Crippen molar-refractivity contribution in [1.82, 2.24) is 4.72 Å². The lowest BCUT2D eigenvalue weighted by Crippen LogP contribution is -2.27. The van der Waals surface area contributed by atoms with Crippen molar-refractivity contribution in [2.45, 2.75) is 24.8 Å². The molecule has 23 heavy (non-hydrogen) atoms. The van der Waals surface area contributed by atoms with Crippen LogP contribution in [-0.4, -0.2) is 8.42 Å². The minimum Gasteiger partial charge on any atom is -0.207 e. The van der Waals surface area contributed by atoms with Crippen LogP contribution in [0.4, 0.5) is 0 Å². The maximum absolute atomic E-state index is 12.6. The molecule has 0 aliphatic heterocycles. The molecule has 3 nitrogen and oxygen atoms in total. The van der Waals surface area contributed by atoms with Crippen LogP contribution in [0.15, 0.2) is 71.6 Å². The molecular weight excluding hydrogens is 306 g/mol. The van der Waals surface area contributed by atoms with Crippen molar-refractivity contribution in [3.8, 4) is 0 Å². The van der Waals surface area contributed by atoms with E-state index in [0.29, 0.717) is 0 Å². The van der Waals surface area contributed by atoms with Gasteiger partial charge in [-0.15, -0.1) is 0 Å². The first kappa shape index (κ1) is 15.7. The second-order valence-corrected chi connectivity index (χ2v) is 7.44. The van der Waals surface area contributed by atoms with Crippen molar-refractivity contribution in [2.24, 2.45) is 0 Å². The van der Waals surface area contributed by atoms with E-state index in [4.69, 9.17) is 0 Å². The third-order valence-electron chi connectivity index (χ3n) is 3.95. The number of rotatable bonds is 4. The van der Waals surface area contributed by atoms with Gasteiger partial charge in [-0.1, -0.05) is 60.2 Å². The molecule has 1 N–H and O–H groups in total. The number of hydrogen-bond donors (Lipinski definition) is 1. The van der Waals surface area contributed by atoms with Crippen LogP contribution in [0.25, 0.3) is 10.8 Å². The Morgan fingerprint density at radius 2 is 1.52 bits per heavy atom. The first-order valence-corrected chi connectivity index (χ1v) is 9.02. The van der Waals surface area contributed by atoms with Crippen LogP contribution in [0.5, 0.6) is 0 Å². The predicted molar refractivity (Wildman–Crippen MR) is 93.9 cm³/mol. The zero-order valence-electron chi connectivity index (χ0n) is 13.2. The van der Waals surface area contributed by atoms with E-state index < -0.39 is 10.0 Å². The van der Waals surface area contributed by atoms with Crippen molar-refractivity contribution in [3.63, 3.8) is 0 Å². The Bertz CT molecular complexity index is 926. The molecule has 0 amide bonds. The summed E-state index contributed by atoms with van der Waals surface area (Å²) in [5.41, 5.74) is 2.00. The largest absolute Gasteiger partial charge is 0.241 e. The molecule has 0 spiro atoms. The quantitative estimate of drug-likeness (QED) is 0.782. The summed E-state index contributed by atoms with van der Waals surface area (Å²) in [6, 6.07) is 20.5. The van der Waals surface area contributed by atoms with Crippen molar-refractivity contribution in [3.05, 3.63) is 77.9 Å². The van der Waals surface area contributed by atoms with Gasteiger partial charge in [0.25, 0.3) is 0 Å². The summed E-state index contributed by atoms with van der Waals surface area (Å²) < 4.78 is 27.9. The Hall–Kier alpha value is -2.17. The third-order valence-corrected chi connectivity index (χ3v) is 5.51. The van der Waals surface area contributed by atoms with Crippen LogP contribution in [0.2, 0.25) is 0 Å². The minimum absolute atomic E-state index is 0.287. The molecule has 0 unspecified atom stereocenters. The van der Waals surface area contributed by atoms with Gasteiger partial charge in [-0.2, -0.15) is 0 Å². The Balaban J connectivity index is 1.94. The lowest BCUT2D eigenvalue weighted by molar-refractivity contribution is 0.567. The maximum atomic E-state index is 12.6. The highest BCUT2D eigenvalue weighted by atomic mass is 32.2. The molecule has 0 bridgehead atoms. The monoisotopic (exact) mass is 325 g/mol. The van der Waals surface area contributed by atoms with Gasteiger partial charge < -0.3 is 0 Å². The van der Waals surface area contributed by atoms with E-state index in [2.05, 4.69) is 4.72 Å². The van der Waals surface area contributed by atoms with E-state index in [0.717, 1.165) is 21.9 Å². The molecule has 0 saturated carbocycles. The summed E-state index contributed by atoms with van der Waals surface area (Å²) in [5, 5.41) is 2.17. The number of nitrogens with one attached hydrogen (secondary N) is 1. The molecule has 0 saturated heterocycles. The fraction of sp³-hybridized carbons (Fsp3) is 0.158. The average molecular weight is 325 g/mol. The molecule has 0 aliphatic carbocycles. The molecule has 0 fully saturated rings. The van der Waals surface area contributed by atoms with Crippen molar-refractivity contribution in [1.29, 1.82) is 0 Å². The van der Waals surface area contributed by atoms with Crippen LogP contribution in [0.1, 0.15) is 24.1 Å².